The van der Waals surface area contributed by atoms with E-state index in [1.165, 1.54) is 32.1 Å². The van der Waals surface area contributed by atoms with Crippen LogP contribution in [0, 0.1) is 12.8 Å². The van der Waals surface area contributed by atoms with E-state index in [0.717, 1.165) is 24.0 Å². The minimum Gasteiger partial charge on any atom is -0.309 e. The Morgan fingerprint density at radius 1 is 1.47 bits per heavy atom. The van der Waals surface area contributed by atoms with Gasteiger partial charge >= 0.3 is 0 Å². The predicted molar refractivity (Wildman–Crippen MR) is 69.8 cm³/mol. The average molecular weight is 233 g/mol. The summed E-state index contributed by atoms with van der Waals surface area (Å²) in [6.45, 7) is 5.23. The Balaban J connectivity index is 1.96. The summed E-state index contributed by atoms with van der Waals surface area (Å²) in [5.41, 5.74) is 1.16. The van der Waals surface area contributed by atoms with Crippen LogP contribution in [0.4, 0.5) is 0 Å². The molecule has 1 heterocycles. The molecule has 1 aliphatic rings. The summed E-state index contributed by atoms with van der Waals surface area (Å²) in [6, 6.07) is 2.46. The first-order chi connectivity index (χ1) is 8.29. The average Bonchev–Trinajstić information content (AvgIpc) is 3.13. The molecule has 1 aromatic rings. The largest absolute Gasteiger partial charge is 0.309 e. The molecule has 0 amide bonds. The maximum absolute atomic E-state index is 4.55. The van der Waals surface area contributed by atoms with Gasteiger partial charge in [0.15, 0.2) is 0 Å². The smallest absolute Gasteiger partial charge is 0.125 e. The fourth-order valence-corrected chi connectivity index (χ4v) is 2.15. The van der Waals surface area contributed by atoms with Gasteiger partial charge < -0.3 is 5.32 Å². The van der Waals surface area contributed by atoms with E-state index in [1.807, 2.05) is 19.2 Å². The molecule has 1 aliphatic carbocycles. The third-order valence-corrected chi connectivity index (χ3v) is 3.36. The second-order valence-electron chi connectivity index (χ2n) is 5.06. The van der Waals surface area contributed by atoms with Gasteiger partial charge in [0.2, 0.25) is 0 Å². The van der Waals surface area contributed by atoms with Gasteiger partial charge in [-0.2, -0.15) is 0 Å². The number of aryl methyl sites for hydroxylation is 1. The molecule has 1 unspecified atom stereocenters. The second-order valence-corrected chi connectivity index (χ2v) is 5.06. The van der Waals surface area contributed by atoms with Gasteiger partial charge in [0, 0.05) is 12.2 Å². The number of hydrogen-bond acceptors (Lipinski definition) is 3. The summed E-state index contributed by atoms with van der Waals surface area (Å²) in [7, 11) is 0. The van der Waals surface area contributed by atoms with Gasteiger partial charge in [-0.15, -0.1) is 0 Å². The summed E-state index contributed by atoms with van der Waals surface area (Å²) >= 11 is 0. The summed E-state index contributed by atoms with van der Waals surface area (Å²) in [5.74, 6) is 1.86. The first kappa shape index (κ1) is 12.5. The quantitative estimate of drug-likeness (QED) is 0.786. The molecule has 3 nitrogen and oxygen atoms in total. The molecule has 0 saturated heterocycles. The van der Waals surface area contributed by atoms with Crippen molar-refractivity contribution in [2.45, 2.75) is 52.0 Å². The molecular formula is C14H23N3. The van der Waals surface area contributed by atoms with E-state index < -0.39 is 0 Å². The lowest BCUT2D eigenvalue weighted by atomic mass is 10.1. The zero-order valence-electron chi connectivity index (χ0n) is 10.9. The zero-order chi connectivity index (χ0) is 12.1. The van der Waals surface area contributed by atoms with Crippen molar-refractivity contribution >= 4 is 0 Å². The lowest BCUT2D eigenvalue weighted by molar-refractivity contribution is 0.459. The van der Waals surface area contributed by atoms with E-state index in [1.54, 1.807) is 0 Å². The Hall–Kier alpha value is -0.960. The Labute approximate surface area is 104 Å². The highest BCUT2D eigenvalue weighted by Crippen LogP contribution is 2.35. The van der Waals surface area contributed by atoms with Crippen LogP contribution in [-0.2, 0) is 0 Å². The van der Waals surface area contributed by atoms with Crippen molar-refractivity contribution in [2.24, 2.45) is 5.92 Å². The van der Waals surface area contributed by atoms with Gasteiger partial charge in [-0.25, -0.2) is 9.97 Å². The van der Waals surface area contributed by atoms with Crippen molar-refractivity contribution in [3.63, 3.8) is 0 Å². The van der Waals surface area contributed by atoms with Crippen LogP contribution in [0.25, 0.3) is 0 Å². The Kier molecular flexibility index (Phi) is 4.49. The first-order valence-corrected chi connectivity index (χ1v) is 6.82. The molecule has 0 aromatic carbocycles. The summed E-state index contributed by atoms with van der Waals surface area (Å²) in [5, 5.41) is 3.61. The van der Waals surface area contributed by atoms with Gasteiger partial charge in [0.1, 0.15) is 5.82 Å². The second kappa shape index (κ2) is 6.10. The molecule has 2 rings (SSSR count). The summed E-state index contributed by atoms with van der Waals surface area (Å²) < 4.78 is 0. The molecule has 1 atom stereocenters. The molecule has 94 valence electrons. The van der Waals surface area contributed by atoms with Gasteiger partial charge in [-0.05, 0) is 44.7 Å². The SMILES string of the molecule is CCCNC(CCC1CC1)c1ccnc(C)n1. The molecule has 0 aliphatic heterocycles. The molecule has 0 spiro atoms. The van der Waals surface area contributed by atoms with Crippen LogP contribution in [0.5, 0.6) is 0 Å². The molecule has 0 bridgehead atoms. The minimum absolute atomic E-state index is 0.414. The van der Waals surface area contributed by atoms with Gasteiger partial charge in [-0.1, -0.05) is 19.8 Å². The van der Waals surface area contributed by atoms with Crippen molar-refractivity contribution < 1.29 is 0 Å². The van der Waals surface area contributed by atoms with E-state index in [4.69, 9.17) is 0 Å². The molecule has 0 radical (unpaired) electrons. The highest BCUT2D eigenvalue weighted by atomic mass is 15.0. The van der Waals surface area contributed by atoms with Crippen molar-refractivity contribution in [1.29, 1.82) is 0 Å². The number of rotatable bonds is 7. The van der Waals surface area contributed by atoms with Gasteiger partial charge in [0.05, 0.1) is 5.69 Å². The molecule has 1 saturated carbocycles. The third-order valence-electron chi connectivity index (χ3n) is 3.36. The highest BCUT2D eigenvalue weighted by molar-refractivity contribution is 5.07. The van der Waals surface area contributed by atoms with Crippen molar-refractivity contribution in [3.05, 3.63) is 23.8 Å². The zero-order valence-corrected chi connectivity index (χ0v) is 10.9. The standard InChI is InChI=1S/C14H23N3/c1-3-9-16-13(7-6-12-4-5-12)14-8-10-15-11(2)17-14/h8,10,12-13,16H,3-7,9H2,1-2H3. The molecule has 1 aromatic heterocycles. The number of nitrogens with zero attached hydrogens (tertiary/aromatic N) is 2. The molecule has 3 heteroatoms. The fraction of sp³-hybridized carbons (Fsp3) is 0.714. The Bertz CT molecular complexity index is 347. The molecule has 1 fully saturated rings. The van der Waals surface area contributed by atoms with E-state index >= 15 is 0 Å². The summed E-state index contributed by atoms with van der Waals surface area (Å²) in [6.07, 6.45) is 8.46. The molecule has 1 N–H and O–H groups in total. The highest BCUT2D eigenvalue weighted by Gasteiger charge is 2.23. The summed E-state index contributed by atoms with van der Waals surface area (Å²) in [4.78, 5) is 8.72. The lowest BCUT2D eigenvalue weighted by Gasteiger charge is -2.18. The van der Waals surface area contributed by atoms with Gasteiger partial charge in [0.25, 0.3) is 0 Å². The number of hydrogen-bond donors (Lipinski definition) is 1. The van der Waals surface area contributed by atoms with Crippen molar-refractivity contribution in [3.8, 4) is 0 Å². The van der Waals surface area contributed by atoms with Crippen LogP contribution in [0.15, 0.2) is 12.3 Å². The van der Waals surface area contributed by atoms with Crippen LogP contribution < -0.4 is 5.32 Å². The van der Waals surface area contributed by atoms with E-state index in [0.29, 0.717) is 6.04 Å². The monoisotopic (exact) mass is 233 g/mol. The van der Waals surface area contributed by atoms with Crippen molar-refractivity contribution in [2.75, 3.05) is 6.54 Å². The number of aromatic nitrogens is 2. The number of nitrogens with one attached hydrogen (secondary N) is 1. The Morgan fingerprint density at radius 3 is 2.94 bits per heavy atom. The topological polar surface area (TPSA) is 37.8 Å². The minimum atomic E-state index is 0.414. The predicted octanol–water partition coefficient (Wildman–Crippen LogP) is 3.02. The van der Waals surface area contributed by atoms with Crippen LogP contribution in [0.1, 0.15) is 56.6 Å². The third kappa shape index (κ3) is 4.08. The van der Waals surface area contributed by atoms with E-state index in [9.17, 15) is 0 Å². The van der Waals surface area contributed by atoms with Crippen LogP contribution in [-0.4, -0.2) is 16.5 Å². The maximum atomic E-state index is 4.55. The van der Waals surface area contributed by atoms with E-state index in [-0.39, 0.29) is 0 Å². The fourth-order valence-electron chi connectivity index (χ4n) is 2.15. The van der Waals surface area contributed by atoms with Crippen LogP contribution in [0.2, 0.25) is 0 Å². The normalized spacial score (nSPS) is 17.1. The maximum Gasteiger partial charge on any atom is 0.125 e. The van der Waals surface area contributed by atoms with Gasteiger partial charge in [-0.3, -0.25) is 0 Å². The van der Waals surface area contributed by atoms with E-state index in [2.05, 4.69) is 22.2 Å². The van der Waals surface area contributed by atoms with Crippen LogP contribution in [0.3, 0.4) is 0 Å². The first-order valence-electron chi connectivity index (χ1n) is 6.82. The lowest BCUT2D eigenvalue weighted by Crippen LogP contribution is -2.23. The van der Waals surface area contributed by atoms with Crippen LogP contribution >= 0.6 is 0 Å². The molecular weight excluding hydrogens is 210 g/mol. The van der Waals surface area contributed by atoms with Crippen molar-refractivity contribution in [1.82, 2.24) is 15.3 Å². The Morgan fingerprint density at radius 2 is 2.29 bits per heavy atom. The molecule has 17 heavy (non-hydrogen) atoms.